The van der Waals surface area contributed by atoms with Gasteiger partial charge in [0.1, 0.15) is 5.82 Å². The van der Waals surface area contributed by atoms with Crippen LogP contribution in [0.4, 0.5) is 4.39 Å². The molecule has 2 nitrogen and oxygen atoms in total. The molecule has 1 heterocycles. The van der Waals surface area contributed by atoms with E-state index in [-0.39, 0.29) is 17.6 Å². The molecule has 2 fully saturated rings. The fourth-order valence-electron chi connectivity index (χ4n) is 3.61. The van der Waals surface area contributed by atoms with Gasteiger partial charge < -0.3 is 0 Å². The summed E-state index contributed by atoms with van der Waals surface area (Å²) in [5.74, 6) is 0.00338. The molecular weight excluding hydrogens is 229 g/mol. The molecule has 1 aromatic rings. The van der Waals surface area contributed by atoms with Gasteiger partial charge in [0.15, 0.2) is 5.78 Å². The van der Waals surface area contributed by atoms with Gasteiger partial charge in [0.25, 0.3) is 0 Å². The highest BCUT2D eigenvalue weighted by Crippen LogP contribution is 2.44. The average molecular weight is 247 g/mol. The molecule has 0 aromatic heterocycles. The number of ketones is 1. The topological polar surface area (TPSA) is 20.3 Å². The van der Waals surface area contributed by atoms with Gasteiger partial charge in [-0.25, -0.2) is 4.39 Å². The third-order valence-corrected chi connectivity index (χ3v) is 4.67. The van der Waals surface area contributed by atoms with E-state index in [0.29, 0.717) is 5.56 Å². The van der Waals surface area contributed by atoms with E-state index in [1.54, 1.807) is 12.1 Å². The number of Topliss-reactive ketones (excluding diaryl/α,β-unsaturated/α-hetero) is 1. The lowest BCUT2D eigenvalue weighted by Crippen LogP contribution is -2.58. The van der Waals surface area contributed by atoms with Crippen molar-refractivity contribution in [3.63, 3.8) is 0 Å². The number of likely N-dealkylation sites (tertiary alicyclic amines) is 1. The number of carbonyl (C=O) groups excluding carboxylic acids is 1. The molecule has 0 amide bonds. The van der Waals surface area contributed by atoms with Crippen LogP contribution in [0.15, 0.2) is 24.3 Å². The van der Waals surface area contributed by atoms with Crippen molar-refractivity contribution >= 4 is 5.78 Å². The molecule has 1 aliphatic carbocycles. The Labute approximate surface area is 107 Å². The van der Waals surface area contributed by atoms with Gasteiger partial charge in [0.05, 0.1) is 11.5 Å². The first-order valence-electron chi connectivity index (χ1n) is 6.65. The minimum absolute atomic E-state index is 0.00731. The zero-order valence-electron chi connectivity index (χ0n) is 10.7. The summed E-state index contributed by atoms with van der Waals surface area (Å²) in [6, 6.07) is 6.78. The summed E-state index contributed by atoms with van der Waals surface area (Å²) in [5.41, 5.74) is 0.0635. The third-order valence-electron chi connectivity index (χ3n) is 4.67. The second-order valence-electron chi connectivity index (χ2n) is 5.56. The SMILES string of the molecule is CN1CC[C@@]2(c3ccccc3F)CCC[C@@H]1C2=O. The first-order valence-corrected chi connectivity index (χ1v) is 6.65. The quantitative estimate of drug-likeness (QED) is 0.760. The number of halogens is 1. The smallest absolute Gasteiger partial charge is 0.160 e. The lowest BCUT2D eigenvalue weighted by Gasteiger charge is -2.48. The van der Waals surface area contributed by atoms with Gasteiger partial charge in [0.2, 0.25) is 0 Å². The number of hydrogen-bond donors (Lipinski definition) is 0. The fraction of sp³-hybridized carbons (Fsp3) is 0.533. The molecular formula is C15H18FNO. The zero-order chi connectivity index (χ0) is 12.8. The second kappa shape index (κ2) is 4.16. The molecule has 0 unspecified atom stereocenters. The number of likely N-dealkylation sites (N-methyl/N-ethyl adjacent to an activating group) is 1. The predicted molar refractivity (Wildman–Crippen MR) is 68.0 cm³/mol. The van der Waals surface area contributed by atoms with E-state index < -0.39 is 5.41 Å². The molecule has 0 spiro atoms. The number of benzene rings is 1. The van der Waals surface area contributed by atoms with E-state index in [1.165, 1.54) is 6.07 Å². The van der Waals surface area contributed by atoms with Crippen molar-refractivity contribution < 1.29 is 9.18 Å². The van der Waals surface area contributed by atoms with Crippen molar-refractivity contribution in [1.29, 1.82) is 0 Å². The number of carbonyl (C=O) groups is 1. The first kappa shape index (κ1) is 11.8. The van der Waals surface area contributed by atoms with Crippen LogP contribution in [0.3, 0.4) is 0 Å². The van der Waals surface area contributed by atoms with E-state index in [1.807, 2.05) is 13.1 Å². The van der Waals surface area contributed by atoms with E-state index in [4.69, 9.17) is 0 Å². The molecule has 3 heteroatoms. The van der Waals surface area contributed by atoms with Crippen LogP contribution in [-0.4, -0.2) is 30.3 Å². The van der Waals surface area contributed by atoms with Crippen LogP contribution < -0.4 is 0 Å². The Morgan fingerprint density at radius 3 is 2.89 bits per heavy atom. The molecule has 96 valence electrons. The minimum Gasteiger partial charge on any atom is -0.297 e. The molecule has 1 saturated carbocycles. The van der Waals surface area contributed by atoms with Crippen molar-refractivity contribution in [2.24, 2.45) is 0 Å². The van der Waals surface area contributed by atoms with Gasteiger partial charge in [-0.3, -0.25) is 9.69 Å². The van der Waals surface area contributed by atoms with Crippen LogP contribution in [0.2, 0.25) is 0 Å². The summed E-state index contributed by atoms with van der Waals surface area (Å²) >= 11 is 0. The monoisotopic (exact) mass is 247 g/mol. The summed E-state index contributed by atoms with van der Waals surface area (Å²) in [6.07, 6.45) is 3.48. The van der Waals surface area contributed by atoms with Crippen molar-refractivity contribution in [1.82, 2.24) is 4.90 Å². The molecule has 0 N–H and O–H groups in total. The van der Waals surface area contributed by atoms with Crippen LogP contribution in [0.5, 0.6) is 0 Å². The van der Waals surface area contributed by atoms with Crippen molar-refractivity contribution in [3.05, 3.63) is 35.6 Å². The Hall–Kier alpha value is -1.22. The van der Waals surface area contributed by atoms with Gasteiger partial charge >= 0.3 is 0 Å². The molecule has 2 aliphatic rings. The van der Waals surface area contributed by atoms with E-state index >= 15 is 0 Å². The molecule has 1 aromatic carbocycles. The largest absolute Gasteiger partial charge is 0.297 e. The Balaban J connectivity index is 2.08. The summed E-state index contributed by atoms with van der Waals surface area (Å²) in [7, 11) is 2.00. The first-order chi connectivity index (χ1) is 8.65. The lowest BCUT2D eigenvalue weighted by atomic mass is 9.62. The second-order valence-corrected chi connectivity index (χ2v) is 5.56. The van der Waals surface area contributed by atoms with Crippen LogP contribution in [0, 0.1) is 5.82 Å². The number of nitrogens with zero attached hydrogens (tertiary/aromatic N) is 1. The highest BCUT2D eigenvalue weighted by molar-refractivity contribution is 5.96. The number of rotatable bonds is 1. The van der Waals surface area contributed by atoms with Crippen LogP contribution in [0.1, 0.15) is 31.2 Å². The molecule has 2 bridgehead atoms. The van der Waals surface area contributed by atoms with Crippen LogP contribution in [-0.2, 0) is 10.2 Å². The maximum absolute atomic E-state index is 14.1. The number of fused-ring (bicyclic) bond motifs is 2. The zero-order valence-corrected chi connectivity index (χ0v) is 10.7. The Morgan fingerprint density at radius 2 is 2.11 bits per heavy atom. The van der Waals surface area contributed by atoms with E-state index in [9.17, 15) is 9.18 Å². The molecule has 1 saturated heterocycles. The minimum atomic E-state index is -0.555. The maximum atomic E-state index is 14.1. The van der Waals surface area contributed by atoms with Crippen molar-refractivity contribution in [2.75, 3.05) is 13.6 Å². The number of hydrogen-bond acceptors (Lipinski definition) is 2. The summed E-state index contributed by atoms with van der Waals surface area (Å²) in [6.45, 7) is 0.880. The average Bonchev–Trinajstić information content (AvgIpc) is 2.36. The Morgan fingerprint density at radius 1 is 1.33 bits per heavy atom. The van der Waals surface area contributed by atoms with Crippen molar-refractivity contribution in [3.8, 4) is 0 Å². The third kappa shape index (κ3) is 1.53. The van der Waals surface area contributed by atoms with E-state index in [0.717, 1.165) is 32.2 Å². The molecule has 2 atom stereocenters. The summed E-state index contributed by atoms with van der Waals surface area (Å²) in [4.78, 5) is 14.8. The normalized spacial score (nSPS) is 32.6. The number of piperidine rings is 1. The van der Waals surface area contributed by atoms with Gasteiger partial charge in [-0.2, -0.15) is 0 Å². The Kier molecular flexibility index (Phi) is 2.74. The van der Waals surface area contributed by atoms with Gasteiger partial charge in [-0.05, 0) is 38.9 Å². The molecule has 18 heavy (non-hydrogen) atoms. The highest BCUT2D eigenvalue weighted by atomic mass is 19.1. The van der Waals surface area contributed by atoms with Gasteiger partial charge in [-0.1, -0.05) is 24.6 Å². The lowest BCUT2D eigenvalue weighted by molar-refractivity contribution is -0.137. The summed E-state index contributed by atoms with van der Waals surface area (Å²) < 4.78 is 14.1. The molecule has 3 rings (SSSR count). The molecule has 1 aliphatic heterocycles. The van der Waals surface area contributed by atoms with Crippen LogP contribution in [0.25, 0.3) is 0 Å². The molecule has 0 radical (unpaired) electrons. The van der Waals surface area contributed by atoms with Crippen LogP contribution >= 0.6 is 0 Å². The standard InChI is InChI=1S/C15H18FNO/c1-17-10-9-15(8-4-7-13(17)14(15)18)11-5-2-3-6-12(11)16/h2-3,5-6,13H,4,7-10H2,1H3/t13-,15-/m1/s1. The van der Waals surface area contributed by atoms with Crippen molar-refractivity contribution in [2.45, 2.75) is 37.1 Å². The maximum Gasteiger partial charge on any atom is 0.160 e. The van der Waals surface area contributed by atoms with Gasteiger partial charge in [-0.15, -0.1) is 0 Å². The van der Waals surface area contributed by atoms with Gasteiger partial charge in [0, 0.05) is 5.56 Å². The Bertz CT molecular complexity index is 487. The fourth-order valence-corrected chi connectivity index (χ4v) is 3.61. The highest BCUT2D eigenvalue weighted by Gasteiger charge is 2.51. The van der Waals surface area contributed by atoms with E-state index in [2.05, 4.69) is 4.90 Å². The summed E-state index contributed by atoms with van der Waals surface area (Å²) in [5, 5.41) is 0. The predicted octanol–water partition coefficient (Wildman–Crippen LogP) is 2.52.